The van der Waals surface area contributed by atoms with E-state index in [1.54, 1.807) is 7.11 Å². The average Bonchev–Trinajstić information content (AvgIpc) is 2.74. The molecule has 31 heavy (non-hydrogen) atoms. The van der Waals surface area contributed by atoms with Crippen LogP contribution in [0, 0.1) is 19.8 Å². The Labute approximate surface area is 187 Å². The summed E-state index contributed by atoms with van der Waals surface area (Å²) in [5.74, 6) is 2.19. The van der Waals surface area contributed by atoms with Crippen molar-refractivity contribution in [1.29, 1.82) is 0 Å². The highest BCUT2D eigenvalue weighted by Crippen LogP contribution is 2.28. The zero-order valence-corrected chi connectivity index (χ0v) is 19.9. The van der Waals surface area contributed by atoms with Gasteiger partial charge >= 0.3 is 0 Å². The molecule has 0 unspecified atom stereocenters. The van der Waals surface area contributed by atoms with Crippen molar-refractivity contribution < 1.29 is 14.3 Å². The minimum atomic E-state index is 0.323. The smallest absolute Gasteiger partial charge is 0.125 e. The molecule has 0 radical (unpaired) electrons. The van der Waals surface area contributed by atoms with Crippen molar-refractivity contribution >= 4 is 5.71 Å². The summed E-state index contributed by atoms with van der Waals surface area (Å²) < 4.78 is 11.8. The van der Waals surface area contributed by atoms with Gasteiger partial charge in [-0.1, -0.05) is 55.4 Å². The fraction of sp³-hybridized carbons (Fsp3) is 0.444. The Morgan fingerprint density at radius 3 is 2.26 bits per heavy atom. The third kappa shape index (κ3) is 7.78. The third-order valence-electron chi connectivity index (χ3n) is 5.11. The second kappa shape index (κ2) is 12.8. The Kier molecular flexibility index (Phi) is 10.2. The summed E-state index contributed by atoms with van der Waals surface area (Å²) >= 11 is 0. The van der Waals surface area contributed by atoms with Crippen LogP contribution in [0.5, 0.6) is 11.5 Å². The van der Waals surface area contributed by atoms with Crippen molar-refractivity contribution in [3.8, 4) is 11.5 Å². The first-order chi connectivity index (χ1) is 15.0. The van der Waals surface area contributed by atoms with Gasteiger partial charge in [0.1, 0.15) is 25.2 Å². The zero-order valence-electron chi connectivity index (χ0n) is 19.9. The van der Waals surface area contributed by atoms with E-state index in [1.807, 2.05) is 31.2 Å². The van der Waals surface area contributed by atoms with E-state index in [4.69, 9.17) is 14.3 Å². The van der Waals surface area contributed by atoms with Gasteiger partial charge in [-0.3, -0.25) is 0 Å². The highest BCUT2D eigenvalue weighted by Gasteiger charge is 2.10. The molecule has 0 heterocycles. The van der Waals surface area contributed by atoms with Crippen molar-refractivity contribution in [2.24, 2.45) is 11.1 Å². The van der Waals surface area contributed by atoms with Crippen molar-refractivity contribution in [3.05, 3.63) is 70.8 Å². The van der Waals surface area contributed by atoms with Crippen molar-refractivity contribution in [3.63, 3.8) is 0 Å². The molecule has 0 bridgehead atoms. The lowest BCUT2D eigenvalue weighted by Gasteiger charge is -2.14. The van der Waals surface area contributed by atoms with Gasteiger partial charge in [-0.2, -0.15) is 0 Å². The Hall–Kier alpha value is -2.75. The predicted octanol–water partition coefficient (Wildman–Crippen LogP) is 6.67. The number of allylic oxidation sites excluding steroid dienone is 1. The SMILES string of the molecule is C/C=C/COc1cc(C)c(OCCCCc2ccc(/C(=N/OC)C(C)C)cc2)c(C)c1. The highest BCUT2D eigenvalue weighted by atomic mass is 16.6. The van der Waals surface area contributed by atoms with Gasteiger partial charge in [0.05, 0.1) is 12.3 Å². The van der Waals surface area contributed by atoms with Crippen molar-refractivity contribution in [1.82, 2.24) is 0 Å². The van der Waals surface area contributed by atoms with Gasteiger partial charge < -0.3 is 14.3 Å². The van der Waals surface area contributed by atoms with Gasteiger partial charge in [-0.15, -0.1) is 0 Å². The number of nitrogens with zero attached hydrogens (tertiary/aromatic N) is 1. The number of ether oxygens (including phenoxy) is 2. The molecule has 4 heteroatoms. The van der Waals surface area contributed by atoms with E-state index in [2.05, 4.69) is 57.1 Å². The van der Waals surface area contributed by atoms with E-state index < -0.39 is 0 Å². The number of rotatable bonds is 12. The van der Waals surface area contributed by atoms with Crippen LogP contribution >= 0.6 is 0 Å². The topological polar surface area (TPSA) is 40.0 Å². The van der Waals surface area contributed by atoms with Crippen LogP contribution in [0.3, 0.4) is 0 Å². The molecular formula is C27H37NO3. The Balaban J connectivity index is 1.81. The molecule has 0 saturated carbocycles. The molecular weight excluding hydrogens is 386 g/mol. The quantitative estimate of drug-likeness (QED) is 0.166. The first-order valence-corrected chi connectivity index (χ1v) is 11.1. The molecule has 0 atom stereocenters. The van der Waals surface area contributed by atoms with Gasteiger partial charge in [0.2, 0.25) is 0 Å². The molecule has 2 rings (SSSR count). The number of oxime groups is 1. The number of hydrogen-bond donors (Lipinski definition) is 0. The lowest BCUT2D eigenvalue weighted by molar-refractivity contribution is 0.212. The maximum absolute atomic E-state index is 6.09. The molecule has 168 valence electrons. The molecule has 4 nitrogen and oxygen atoms in total. The molecule has 0 spiro atoms. The van der Waals surface area contributed by atoms with Crippen molar-refractivity contribution in [2.45, 2.75) is 53.9 Å². The second-order valence-corrected chi connectivity index (χ2v) is 8.08. The molecule has 2 aromatic rings. The van der Waals surface area contributed by atoms with Crippen LogP contribution in [0.1, 0.15) is 55.9 Å². The van der Waals surface area contributed by atoms with E-state index >= 15 is 0 Å². The summed E-state index contributed by atoms with van der Waals surface area (Å²) in [5.41, 5.74) is 5.66. The monoisotopic (exact) mass is 423 g/mol. The summed E-state index contributed by atoms with van der Waals surface area (Å²) in [6, 6.07) is 12.7. The van der Waals surface area contributed by atoms with Gasteiger partial charge in [0, 0.05) is 0 Å². The minimum absolute atomic E-state index is 0.323. The minimum Gasteiger partial charge on any atom is -0.493 e. The summed E-state index contributed by atoms with van der Waals surface area (Å²) in [7, 11) is 1.59. The molecule has 0 aromatic heterocycles. The van der Waals surface area contributed by atoms with Crippen LogP contribution in [-0.4, -0.2) is 26.0 Å². The third-order valence-corrected chi connectivity index (χ3v) is 5.11. The van der Waals surface area contributed by atoms with Crippen LogP contribution in [-0.2, 0) is 11.3 Å². The molecule has 0 aliphatic rings. The molecule has 0 fully saturated rings. The normalized spacial score (nSPS) is 11.9. The highest BCUT2D eigenvalue weighted by molar-refractivity contribution is 6.01. The van der Waals surface area contributed by atoms with Crippen LogP contribution in [0.4, 0.5) is 0 Å². The van der Waals surface area contributed by atoms with Crippen molar-refractivity contribution in [2.75, 3.05) is 20.3 Å². The van der Waals surface area contributed by atoms with E-state index in [1.165, 1.54) is 5.56 Å². The van der Waals surface area contributed by atoms with Crippen LogP contribution in [0.2, 0.25) is 0 Å². The maximum Gasteiger partial charge on any atom is 0.125 e. The van der Waals surface area contributed by atoms with Gasteiger partial charge in [-0.25, -0.2) is 0 Å². The lowest BCUT2D eigenvalue weighted by Crippen LogP contribution is -2.10. The fourth-order valence-electron chi connectivity index (χ4n) is 3.50. The first kappa shape index (κ1) is 24.5. The van der Waals surface area contributed by atoms with E-state index in [0.717, 1.165) is 59.8 Å². The number of hydrogen-bond acceptors (Lipinski definition) is 4. The Bertz CT molecular complexity index is 844. The number of unbranched alkanes of at least 4 members (excludes halogenated alkanes) is 1. The molecule has 2 aromatic carbocycles. The largest absolute Gasteiger partial charge is 0.493 e. The van der Waals surface area contributed by atoms with Gasteiger partial charge in [0.25, 0.3) is 0 Å². The Morgan fingerprint density at radius 2 is 1.68 bits per heavy atom. The molecule has 0 aliphatic carbocycles. The van der Waals surface area contributed by atoms with E-state index in [9.17, 15) is 0 Å². The summed E-state index contributed by atoms with van der Waals surface area (Å²) in [5, 5.41) is 4.17. The van der Waals surface area contributed by atoms with Crippen LogP contribution in [0.15, 0.2) is 53.7 Å². The van der Waals surface area contributed by atoms with Crippen LogP contribution in [0.25, 0.3) is 0 Å². The second-order valence-electron chi connectivity index (χ2n) is 8.08. The molecule has 0 saturated heterocycles. The first-order valence-electron chi connectivity index (χ1n) is 11.1. The number of benzene rings is 2. The summed E-state index contributed by atoms with van der Waals surface area (Å²) in [6.45, 7) is 11.7. The van der Waals surface area contributed by atoms with Gasteiger partial charge in [0.15, 0.2) is 0 Å². The summed E-state index contributed by atoms with van der Waals surface area (Å²) in [6.07, 6.45) is 7.13. The zero-order chi connectivity index (χ0) is 22.6. The average molecular weight is 424 g/mol. The maximum atomic E-state index is 6.09. The standard InChI is InChI=1S/C27H37NO3/c1-7-8-16-30-25-18-21(4)27(22(5)19-25)31-17-10-9-11-23-12-14-24(15-13-23)26(20(2)3)28-29-6/h7-8,12-15,18-20H,9-11,16-17H2,1-6H3/b8-7+,28-26+. The predicted molar refractivity (Wildman–Crippen MR) is 129 cm³/mol. The lowest BCUT2D eigenvalue weighted by atomic mass is 9.98. The molecule has 0 aliphatic heterocycles. The van der Waals surface area contributed by atoms with Crippen LogP contribution < -0.4 is 9.47 Å². The number of aryl methyl sites for hydroxylation is 3. The fourth-order valence-corrected chi connectivity index (χ4v) is 3.50. The van der Waals surface area contributed by atoms with E-state index in [0.29, 0.717) is 12.5 Å². The van der Waals surface area contributed by atoms with Gasteiger partial charge in [-0.05, 0) is 80.3 Å². The Morgan fingerprint density at radius 1 is 1.00 bits per heavy atom. The van der Waals surface area contributed by atoms with E-state index in [-0.39, 0.29) is 0 Å². The molecule has 0 N–H and O–H groups in total. The summed E-state index contributed by atoms with van der Waals surface area (Å²) in [4.78, 5) is 4.99. The molecule has 0 amide bonds.